The van der Waals surface area contributed by atoms with Crippen molar-refractivity contribution >= 4 is 16.9 Å². The molecule has 1 amide bonds. The van der Waals surface area contributed by atoms with Gasteiger partial charge in [-0.15, -0.1) is 0 Å². The van der Waals surface area contributed by atoms with Gasteiger partial charge in [0.25, 0.3) is 5.91 Å². The largest absolute Gasteiger partial charge is 0.349 e. The van der Waals surface area contributed by atoms with Crippen LogP contribution in [0.5, 0.6) is 0 Å². The summed E-state index contributed by atoms with van der Waals surface area (Å²) in [5, 5.41) is 13.2. The van der Waals surface area contributed by atoms with Crippen LogP contribution in [0.15, 0.2) is 42.6 Å². The number of hydrogen-bond donors (Lipinski definition) is 1. The zero-order valence-electron chi connectivity index (χ0n) is 19.0. The molecule has 4 aromatic rings. The highest BCUT2D eigenvalue weighted by atomic mass is 16.1. The number of fused-ring (bicyclic) bond motifs is 1. The van der Waals surface area contributed by atoms with Crippen LogP contribution in [0.2, 0.25) is 0 Å². The van der Waals surface area contributed by atoms with Gasteiger partial charge in [-0.3, -0.25) is 9.48 Å². The molecule has 1 aliphatic carbocycles. The lowest BCUT2D eigenvalue weighted by Gasteiger charge is -2.15. The second kappa shape index (κ2) is 7.89. The molecule has 1 fully saturated rings. The zero-order valence-corrected chi connectivity index (χ0v) is 19.0. The van der Waals surface area contributed by atoms with Crippen LogP contribution >= 0.6 is 0 Å². The average molecular weight is 429 g/mol. The number of nitrogens with zero attached hydrogens (tertiary/aromatic N) is 5. The van der Waals surface area contributed by atoms with Crippen molar-refractivity contribution in [1.82, 2.24) is 29.9 Å². The maximum Gasteiger partial charge on any atom is 0.252 e. The summed E-state index contributed by atoms with van der Waals surface area (Å²) in [7, 11) is 1.92. The van der Waals surface area contributed by atoms with E-state index in [1.54, 1.807) is 0 Å². The van der Waals surface area contributed by atoms with Gasteiger partial charge in [0, 0.05) is 30.9 Å². The van der Waals surface area contributed by atoms with Crippen molar-refractivity contribution in [3.8, 4) is 5.69 Å². The summed E-state index contributed by atoms with van der Waals surface area (Å²) in [6, 6.07) is 11.9. The number of carbonyl (C=O) groups is 1. The van der Waals surface area contributed by atoms with Crippen LogP contribution in [-0.4, -0.2) is 36.5 Å². The molecule has 0 radical (unpaired) electrons. The minimum absolute atomic E-state index is 0.0255. The Labute approximate surface area is 187 Å². The van der Waals surface area contributed by atoms with Gasteiger partial charge in [-0.05, 0) is 63.8 Å². The smallest absolute Gasteiger partial charge is 0.252 e. The monoisotopic (exact) mass is 428 g/mol. The second-order valence-electron chi connectivity index (χ2n) is 8.89. The summed E-state index contributed by atoms with van der Waals surface area (Å²) in [6.07, 6.45) is 4.99. The minimum atomic E-state index is -0.0796. The molecule has 0 bridgehead atoms. The van der Waals surface area contributed by atoms with Crippen LogP contribution in [0.4, 0.5) is 0 Å². The molecule has 1 aromatic carbocycles. The molecule has 0 saturated heterocycles. The van der Waals surface area contributed by atoms with E-state index >= 15 is 0 Å². The van der Waals surface area contributed by atoms with Gasteiger partial charge in [0.05, 0.1) is 28.0 Å². The Hall–Kier alpha value is -3.48. The van der Waals surface area contributed by atoms with Gasteiger partial charge in [0.15, 0.2) is 5.65 Å². The molecule has 5 rings (SSSR count). The molecule has 0 unspecified atom stereocenters. The van der Waals surface area contributed by atoms with Gasteiger partial charge >= 0.3 is 0 Å². The Bertz CT molecular complexity index is 1300. The number of pyridine rings is 1. The first kappa shape index (κ1) is 20.4. The maximum absolute atomic E-state index is 13.4. The summed E-state index contributed by atoms with van der Waals surface area (Å²) in [4.78, 5) is 18.4. The molecule has 164 valence electrons. The number of carbonyl (C=O) groups excluding carboxylic acids is 1. The Balaban J connectivity index is 1.52. The van der Waals surface area contributed by atoms with Crippen LogP contribution in [0.3, 0.4) is 0 Å². The van der Waals surface area contributed by atoms with Crippen molar-refractivity contribution in [2.45, 2.75) is 52.0 Å². The van der Waals surface area contributed by atoms with Crippen LogP contribution < -0.4 is 5.32 Å². The van der Waals surface area contributed by atoms with E-state index in [9.17, 15) is 4.79 Å². The van der Waals surface area contributed by atoms with E-state index in [0.29, 0.717) is 11.5 Å². The molecular weight excluding hydrogens is 400 g/mol. The van der Waals surface area contributed by atoms with Crippen LogP contribution in [0.1, 0.15) is 58.7 Å². The molecule has 0 aliphatic heterocycles. The van der Waals surface area contributed by atoms with E-state index in [2.05, 4.69) is 10.4 Å². The van der Waals surface area contributed by atoms with Crippen LogP contribution in [-0.2, 0) is 13.5 Å². The number of amides is 1. The highest BCUT2D eigenvalue weighted by Gasteiger charge is 2.29. The highest BCUT2D eigenvalue weighted by molar-refractivity contribution is 6.07. The third-order valence-electron chi connectivity index (χ3n) is 6.09. The number of benzene rings is 1. The molecule has 32 heavy (non-hydrogen) atoms. The standard InChI is InChI=1S/C25H28N6O/c1-15(12-19-14-30(4)28-16(19)2)26-25(32)21-13-22(18-10-11-18)27-24-23(21)17(3)29-31(24)20-8-6-5-7-9-20/h5-9,13-15,18H,10-12H2,1-4H3,(H,26,32)/t15-/m0/s1. The number of hydrogen-bond acceptors (Lipinski definition) is 4. The number of para-hydroxylation sites is 1. The first-order valence-corrected chi connectivity index (χ1v) is 11.2. The maximum atomic E-state index is 13.4. The Morgan fingerprint density at radius 1 is 1.16 bits per heavy atom. The zero-order chi connectivity index (χ0) is 22.4. The van der Waals surface area contributed by atoms with Gasteiger partial charge in [-0.1, -0.05) is 18.2 Å². The Morgan fingerprint density at radius 2 is 1.91 bits per heavy atom. The van der Waals surface area contributed by atoms with E-state index in [-0.39, 0.29) is 11.9 Å². The van der Waals surface area contributed by atoms with Gasteiger partial charge in [0.1, 0.15) is 0 Å². The first-order chi connectivity index (χ1) is 15.4. The van der Waals surface area contributed by atoms with Crippen molar-refractivity contribution in [2.24, 2.45) is 7.05 Å². The fourth-order valence-electron chi connectivity index (χ4n) is 4.36. The fraction of sp³-hybridized carbons (Fsp3) is 0.360. The molecule has 3 heterocycles. The van der Waals surface area contributed by atoms with Crippen molar-refractivity contribution in [2.75, 3.05) is 0 Å². The molecule has 7 nitrogen and oxygen atoms in total. The first-order valence-electron chi connectivity index (χ1n) is 11.2. The molecule has 1 N–H and O–H groups in total. The molecular formula is C25H28N6O. The number of nitrogens with one attached hydrogen (secondary N) is 1. The minimum Gasteiger partial charge on any atom is -0.349 e. The number of rotatable bonds is 6. The predicted molar refractivity (Wildman–Crippen MR) is 124 cm³/mol. The topological polar surface area (TPSA) is 77.6 Å². The summed E-state index contributed by atoms with van der Waals surface area (Å²) in [5.74, 6) is 0.352. The van der Waals surface area contributed by atoms with Crippen molar-refractivity contribution in [1.29, 1.82) is 0 Å². The lowest BCUT2D eigenvalue weighted by atomic mass is 10.0. The summed E-state index contributed by atoms with van der Waals surface area (Å²) in [5.41, 5.74) is 6.28. The third kappa shape index (κ3) is 3.79. The number of aryl methyl sites for hydroxylation is 3. The molecule has 1 atom stereocenters. The van der Waals surface area contributed by atoms with E-state index in [4.69, 9.17) is 10.1 Å². The van der Waals surface area contributed by atoms with Gasteiger partial charge < -0.3 is 5.32 Å². The molecule has 3 aromatic heterocycles. The Morgan fingerprint density at radius 3 is 2.56 bits per heavy atom. The lowest BCUT2D eigenvalue weighted by molar-refractivity contribution is 0.0941. The van der Waals surface area contributed by atoms with Gasteiger partial charge in [-0.25, -0.2) is 9.67 Å². The lowest BCUT2D eigenvalue weighted by Crippen LogP contribution is -2.34. The van der Waals surface area contributed by atoms with Crippen LogP contribution in [0.25, 0.3) is 16.7 Å². The fourth-order valence-corrected chi connectivity index (χ4v) is 4.36. The van der Waals surface area contributed by atoms with Crippen LogP contribution in [0, 0.1) is 13.8 Å². The summed E-state index contributed by atoms with van der Waals surface area (Å²) >= 11 is 0. The third-order valence-corrected chi connectivity index (χ3v) is 6.09. The van der Waals surface area contributed by atoms with Gasteiger partial charge in [-0.2, -0.15) is 10.2 Å². The molecule has 1 aliphatic rings. The quantitative estimate of drug-likeness (QED) is 0.503. The van der Waals surface area contributed by atoms with Gasteiger partial charge in [0.2, 0.25) is 0 Å². The Kier molecular flexibility index (Phi) is 5.04. The molecule has 1 saturated carbocycles. The van der Waals surface area contributed by atoms with Crippen molar-refractivity contribution in [3.05, 3.63) is 70.8 Å². The second-order valence-corrected chi connectivity index (χ2v) is 8.89. The number of aromatic nitrogens is 5. The normalized spacial score (nSPS) is 14.6. The van der Waals surface area contributed by atoms with E-state index in [1.165, 1.54) is 0 Å². The molecule has 0 spiro atoms. The van der Waals surface area contributed by atoms with Crippen molar-refractivity contribution < 1.29 is 4.79 Å². The van der Waals surface area contributed by atoms with E-state index in [0.717, 1.165) is 58.6 Å². The predicted octanol–water partition coefficient (Wildman–Crippen LogP) is 4.01. The SMILES string of the molecule is Cc1nn(C)cc1C[C@H](C)NC(=O)c1cc(C2CC2)nc2c1c(C)nn2-c1ccccc1. The average Bonchev–Trinajstić information content (AvgIpc) is 3.50. The summed E-state index contributed by atoms with van der Waals surface area (Å²) in [6.45, 7) is 5.98. The van der Waals surface area contributed by atoms with E-state index in [1.807, 2.05) is 79.8 Å². The summed E-state index contributed by atoms with van der Waals surface area (Å²) < 4.78 is 3.67. The molecule has 7 heteroatoms. The van der Waals surface area contributed by atoms with Crippen molar-refractivity contribution in [3.63, 3.8) is 0 Å². The van der Waals surface area contributed by atoms with E-state index < -0.39 is 0 Å². The highest BCUT2D eigenvalue weighted by Crippen LogP contribution is 2.40.